The smallest absolute Gasteiger partial charge is 0.162 e. The summed E-state index contributed by atoms with van der Waals surface area (Å²) >= 11 is 0. The number of rotatable bonds is 8. The summed E-state index contributed by atoms with van der Waals surface area (Å²) in [6, 6.07) is 0. The summed E-state index contributed by atoms with van der Waals surface area (Å²) in [5.41, 5.74) is -0.0390. The highest BCUT2D eigenvalue weighted by molar-refractivity contribution is 5.87. The van der Waals surface area contributed by atoms with Crippen LogP contribution in [0.5, 0.6) is 0 Å². The maximum atomic E-state index is 12.6. The van der Waals surface area contributed by atoms with Crippen molar-refractivity contribution in [3.63, 3.8) is 0 Å². The van der Waals surface area contributed by atoms with Gasteiger partial charge in [0, 0.05) is 18.4 Å². The minimum Gasteiger partial charge on any atom is -0.353 e. The maximum absolute atomic E-state index is 12.6. The number of ketones is 1. The van der Waals surface area contributed by atoms with Crippen LogP contribution in [-0.2, 0) is 14.3 Å². The van der Waals surface area contributed by atoms with Gasteiger partial charge in [-0.25, -0.2) is 0 Å². The van der Waals surface area contributed by atoms with Gasteiger partial charge in [-0.1, -0.05) is 44.8 Å². The minimum absolute atomic E-state index is 0.0390. The first-order chi connectivity index (χ1) is 11.8. The van der Waals surface area contributed by atoms with Crippen LogP contribution in [-0.4, -0.2) is 24.8 Å². The molecule has 0 bridgehead atoms. The third-order valence-electron chi connectivity index (χ3n) is 6.23. The van der Waals surface area contributed by atoms with Crippen LogP contribution in [0, 0.1) is 11.3 Å². The number of fused-ring (bicyclic) bond motifs is 1. The van der Waals surface area contributed by atoms with Crippen LogP contribution in [0.3, 0.4) is 0 Å². The molecule has 3 nitrogen and oxygen atoms in total. The Kier molecular flexibility index (Phi) is 6.51. The molecule has 3 heteroatoms. The van der Waals surface area contributed by atoms with E-state index in [1.165, 1.54) is 38.5 Å². The predicted molar refractivity (Wildman–Crippen MR) is 95.8 cm³/mol. The fraction of sp³-hybridized carbons (Fsp3) is 0.857. The van der Waals surface area contributed by atoms with Gasteiger partial charge in [-0.05, 0) is 50.9 Å². The van der Waals surface area contributed by atoms with Crippen molar-refractivity contribution in [3.8, 4) is 0 Å². The van der Waals surface area contributed by atoms with Crippen LogP contribution in [0.2, 0.25) is 0 Å². The van der Waals surface area contributed by atoms with Gasteiger partial charge in [-0.2, -0.15) is 0 Å². The van der Waals surface area contributed by atoms with Crippen molar-refractivity contribution >= 4 is 5.78 Å². The SMILES string of the molecule is CCCCCCC=CC12CCCC1CC(=O)C2OC1CCCCO1. The molecule has 136 valence electrons. The van der Waals surface area contributed by atoms with E-state index in [1.807, 2.05) is 0 Å². The minimum atomic E-state index is -0.264. The number of ether oxygens (including phenoxy) is 2. The monoisotopic (exact) mass is 334 g/mol. The predicted octanol–water partition coefficient (Wildman–Crippen LogP) is 5.18. The summed E-state index contributed by atoms with van der Waals surface area (Å²) < 4.78 is 12.0. The Morgan fingerprint density at radius 3 is 2.92 bits per heavy atom. The molecule has 0 spiro atoms. The average Bonchev–Trinajstić information content (AvgIpc) is 3.10. The Hall–Kier alpha value is -0.670. The van der Waals surface area contributed by atoms with Crippen molar-refractivity contribution in [2.45, 2.75) is 96.4 Å². The largest absolute Gasteiger partial charge is 0.353 e. The second kappa shape index (κ2) is 8.62. The van der Waals surface area contributed by atoms with Gasteiger partial charge in [0.2, 0.25) is 0 Å². The van der Waals surface area contributed by atoms with Crippen LogP contribution in [0.4, 0.5) is 0 Å². The molecule has 2 aliphatic carbocycles. The van der Waals surface area contributed by atoms with Crippen LogP contribution in [0.15, 0.2) is 12.2 Å². The molecule has 4 unspecified atom stereocenters. The Labute approximate surface area is 147 Å². The molecule has 3 rings (SSSR count). The van der Waals surface area contributed by atoms with Crippen molar-refractivity contribution < 1.29 is 14.3 Å². The zero-order chi connectivity index (χ0) is 16.8. The molecule has 0 radical (unpaired) electrons. The number of carbonyl (C=O) groups is 1. The lowest BCUT2D eigenvalue weighted by Crippen LogP contribution is -2.40. The second-order valence-electron chi connectivity index (χ2n) is 7.94. The summed E-state index contributed by atoms with van der Waals surface area (Å²) in [6.07, 6.45) is 18.0. The molecular weight excluding hydrogens is 300 g/mol. The molecule has 0 aromatic rings. The number of unbranched alkanes of at least 4 members (excludes halogenated alkanes) is 4. The number of hydrogen-bond donors (Lipinski definition) is 0. The van der Waals surface area contributed by atoms with Crippen molar-refractivity contribution in [1.29, 1.82) is 0 Å². The third kappa shape index (κ3) is 3.94. The van der Waals surface area contributed by atoms with Crippen LogP contribution >= 0.6 is 0 Å². The van der Waals surface area contributed by atoms with E-state index in [1.54, 1.807) is 0 Å². The second-order valence-corrected chi connectivity index (χ2v) is 7.94. The van der Waals surface area contributed by atoms with Crippen molar-refractivity contribution in [2.24, 2.45) is 11.3 Å². The van der Waals surface area contributed by atoms with Gasteiger partial charge in [0.25, 0.3) is 0 Å². The van der Waals surface area contributed by atoms with E-state index in [4.69, 9.17) is 9.47 Å². The van der Waals surface area contributed by atoms with Gasteiger partial charge in [0.05, 0.1) is 0 Å². The van der Waals surface area contributed by atoms with Crippen LogP contribution in [0.1, 0.15) is 84.0 Å². The van der Waals surface area contributed by atoms with Gasteiger partial charge < -0.3 is 9.47 Å². The molecule has 0 N–H and O–H groups in total. The molecule has 1 saturated heterocycles. The zero-order valence-electron chi connectivity index (χ0n) is 15.3. The van der Waals surface area contributed by atoms with E-state index in [9.17, 15) is 4.79 Å². The summed E-state index contributed by atoms with van der Waals surface area (Å²) in [6.45, 7) is 3.02. The Balaban J connectivity index is 1.63. The highest BCUT2D eigenvalue weighted by atomic mass is 16.7. The molecule has 1 aliphatic heterocycles. The lowest BCUT2D eigenvalue weighted by molar-refractivity contribution is -0.202. The number of Topliss-reactive ketones (excluding diaryl/α,β-unsaturated/α-hetero) is 1. The normalized spacial score (nSPS) is 36.5. The zero-order valence-corrected chi connectivity index (χ0v) is 15.3. The molecule has 4 atom stereocenters. The first-order valence-electron chi connectivity index (χ1n) is 10.2. The number of carbonyl (C=O) groups excluding carboxylic acids is 1. The standard InChI is InChI=1S/C21H34O3/c1-2-3-4-5-6-8-13-21-14-10-11-17(21)16-18(22)20(21)24-19-12-7-9-15-23-19/h8,13,17,19-20H,2-7,9-12,14-16H2,1H3. The molecule has 3 aliphatic rings. The molecule has 24 heavy (non-hydrogen) atoms. The molecule has 3 fully saturated rings. The quantitative estimate of drug-likeness (QED) is 0.453. The first kappa shape index (κ1) is 18.1. The molecule has 0 aromatic carbocycles. The third-order valence-corrected chi connectivity index (χ3v) is 6.23. The van der Waals surface area contributed by atoms with Crippen molar-refractivity contribution in [3.05, 3.63) is 12.2 Å². The summed E-state index contributed by atoms with van der Waals surface area (Å²) in [4.78, 5) is 12.6. The van der Waals surface area contributed by atoms with Crippen molar-refractivity contribution in [1.82, 2.24) is 0 Å². The molecule has 2 saturated carbocycles. The molecular formula is C21H34O3. The van der Waals surface area contributed by atoms with E-state index in [0.717, 1.165) is 38.7 Å². The summed E-state index contributed by atoms with van der Waals surface area (Å²) in [5, 5.41) is 0. The van der Waals surface area contributed by atoms with E-state index < -0.39 is 0 Å². The Morgan fingerprint density at radius 1 is 1.21 bits per heavy atom. The number of hydrogen-bond acceptors (Lipinski definition) is 3. The van der Waals surface area contributed by atoms with Gasteiger partial charge in [-0.15, -0.1) is 0 Å². The summed E-state index contributed by atoms with van der Waals surface area (Å²) in [5.74, 6) is 0.801. The first-order valence-corrected chi connectivity index (χ1v) is 10.2. The fourth-order valence-corrected chi connectivity index (χ4v) is 4.89. The van der Waals surface area contributed by atoms with E-state index >= 15 is 0 Å². The van der Waals surface area contributed by atoms with Gasteiger partial charge in [-0.3, -0.25) is 4.79 Å². The average molecular weight is 335 g/mol. The van der Waals surface area contributed by atoms with Gasteiger partial charge in [0.15, 0.2) is 12.1 Å². The lowest BCUT2D eigenvalue weighted by atomic mass is 9.78. The molecule has 0 amide bonds. The maximum Gasteiger partial charge on any atom is 0.162 e. The fourth-order valence-electron chi connectivity index (χ4n) is 4.89. The lowest BCUT2D eigenvalue weighted by Gasteiger charge is -2.35. The molecule has 0 aromatic heterocycles. The topological polar surface area (TPSA) is 35.5 Å². The van der Waals surface area contributed by atoms with Crippen LogP contribution in [0.25, 0.3) is 0 Å². The molecule has 1 heterocycles. The van der Waals surface area contributed by atoms with E-state index in [2.05, 4.69) is 19.1 Å². The highest BCUT2D eigenvalue weighted by Crippen LogP contribution is 2.55. The Bertz CT molecular complexity index is 438. The van der Waals surface area contributed by atoms with Crippen LogP contribution < -0.4 is 0 Å². The summed E-state index contributed by atoms with van der Waals surface area (Å²) in [7, 11) is 0. The van der Waals surface area contributed by atoms with Gasteiger partial charge >= 0.3 is 0 Å². The Morgan fingerprint density at radius 2 is 2.12 bits per heavy atom. The van der Waals surface area contributed by atoms with Crippen molar-refractivity contribution in [2.75, 3.05) is 6.61 Å². The number of allylic oxidation sites excluding steroid dienone is 1. The van der Waals surface area contributed by atoms with E-state index in [-0.39, 0.29) is 17.8 Å². The highest BCUT2D eigenvalue weighted by Gasteiger charge is 2.56. The van der Waals surface area contributed by atoms with E-state index in [0.29, 0.717) is 18.1 Å². The van der Waals surface area contributed by atoms with Gasteiger partial charge in [0.1, 0.15) is 6.10 Å².